The molecule has 0 saturated heterocycles. The van der Waals surface area contributed by atoms with Crippen LogP contribution < -0.4 is 4.74 Å². The molecule has 1 aromatic heterocycles. The van der Waals surface area contributed by atoms with E-state index in [-0.39, 0.29) is 11.6 Å². The summed E-state index contributed by atoms with van der Waals surface area (Å²) in [6.45, 7) is 0. The van der Waals surface area contributed by atoms with E-state index >= 15 is 0 Å². The van der Waals surface area contributed by atoms with Crippen molar-refractivity contribution in [1.29, 1.82) is 0 Å². The lowest BCUT2D eigenvalue weighted by molar-refractivity contribution is -0.386. The van der Waals surface area contributed by atoms with Crippen molar-refractivity contribution in [3.8, 4) is 5.88 Å². The molecule has 0 N–H and O–H groups in total. The first-order chi connectivity index (χ1) is 6.19. The maximum Gasteiger partial charge on any atom is 0.331 e. The minimum absolute atomic E-state index is 0.0368. The van der Waals surface area contributed by atoms with Crippen LogP contribution in [-0.4, -0.2) is 17.0 Å². The van der Waals surface area contributed by atoms with Crippen LogP contribution in [-0.2, 0) is 5.33 Å². The lowest BCUT2D eigenvalue weighted by Gasteiger charge is -2.00. The molecular formula is C7H7BrN2O3. The lowest BCUT2D eigenvalue weighted by atomic mass is 10.3. The topological polar surface area (TPSA) is 65.3 Å². The Morgan fingerprint density at radius 2 is 2.46 bits per heavy atom. The molecule has 1 rings (SSSR count). The number of halogens is 1. The van der Waals surface area contributed by atoms with Crippen molar-refractivity contribution >= 4 is 21.6 Å². The molecule has 0 aliphatic carbocycles. The molecule has 0 unspecified atom stereocenters. The van der Waals surface area contributed by atoms with Gasteiger partial charge in [-0.05, 0) is 5.56 Å². The number of nitro groups is 1. The Balaban J connectivity index is 3.18. The van der Waals surface area contributed by atoms with Gasteiger partial charge >= 0.3 is 5.69 Å². The first-order valence-electron chi connectivity index (χ1n) is 3.42. The summed E-state index contributed by atoms with van der Waals surface area (Å²) in [6, 6.07) is 1.43. The molecule has 0 spiro atoms. The van der Waals surface area contributed by atoms with Crippen molar-refractivity contribution in [1.82, 2.24) is 4.98 Å². The second kappa shape index (κ2) is 4.18. The fraction of sp³-hybridized carbons (Fsp3) is 0.286. The van der Waals surface area contributed by atoms with Gasteiger partial charge in [-0.25, -0.2) is 4.98 Å². The maximum atomic E-state index is 10.5. The van der Waals surface area contributed by atoms with E-state index in [0.717, 1.165) is 5.56 Å². The highest BCUT2D eigenvalue weighted by Crippen LogP contribution is 2.25. The molecule has 1 aromatic rings. The Kier molecular flexibility index (Phi) is 3.18. The number of methoxy groups -OCH3 is 1. The van der Waals surface area contributed by atoms with Gasteiger partial charge in [0.2, 0.25) is 0 Å². The largest absolute Gasteiger partial charge is 0.476 e. The Labute approximate surface area is 83.0 Å². The first kappa shape index (κ1) is 9.91. The minimum atomic E-state index is -0.516. The van der Waals surface area contributed by atoms with Gasteiger partial charge in [-0.2, -0.15) is 0 Å². The Bertz CT molecular complexity index is 330. The zero-order valence-electron chi connectivity index (χ0n) is 6.86. The summed E-state index contributed by atoms with van der Waals surface area (Å²) in [5.41, 5.74) is 0.631. The van der Waals surface area contributed by atoms with Crippen molar-refractivity contribution < 1.29 is 9.66 Å². The van der Waals surface area contributed by atoms with Crippen LogP contribution in [0.4, 0.5) is 5.69 Å². The van der Waals surface area contributed by atoms with Crippen LogP contribution in [0.25, 0.3) is 0 Å². The fourth-order valence-electron chi connectivity index (χ4n) is 0.843. The molecule has 0 aliphatic heterocycles. The van der Waals surface area contributed by atoms with E-state index in [9.17, 15) is 10.1 Å². The molecule has 13 heavy (non-hydrogen) atoms. The van der Waals surface area contributed by atoms with E-state index in [0.29, 0.717) is 5.33 Å². The molecule has 0 aromatic carbocycles. The molecular weight excluding hydrogens is 240 g/mol. The van der Waals surface area contributed by atoms with Gasteiger partial charge < -0.3 is 4.74 Å². The molecule has 0 atom stereocenters. The third kappa shape index (κ3) is 2.15. The van der Waals surface area contributed by atoms with Crippen molar-refractivity contribution in [2.45, 2.75) is 5.33 Å². The van der Waals surface area contributed by atoms with E-state index in [1.165, 1.54) is 19.4 Å². The Hall–Kier alpha value is -1.17. The molecule has 5 nitrogen and oxygen atoms in total. The highest BCUT2D eigenvalue weighted by Gasteiger charge is 2.16. The number of ether oxygens (including phenoxy) is 1. The zero-order chi connectivity index (χ0) is 9.84. The van der Waals surface area contributed by atoms with Crippen LogP contribution in [0, 0.1) is 10.1 Å². The monoisotopic (exact) mass is 246 g/mol. The molecule has 1 heterocycles. The molecule has 0 saturated carbocycles. The number of nitrogens with zero attached hydrogens (tertiary/aromatic N) is 2. The van der Waals surface area contributed by atoms with Crippen LogP contribution >= 0.6 is 15.9 Å². The number of hydrogen-bond acceptors (Lipinski definition) is 4. The zero-order valence-corrected chi connectivity index (χ0v) is 8.44. The smallest absolute Gasteiger partial charge is 0.331 e. The number of hydrogen-bond donors (Lipinski definition) is 0. The Morgan fingerprint density at radius 1 is 1.77 bits per heavy atom. The summed E-state index contributed by atoms with van der Waals surface area (Å²) in [5.74, 6) is 0.0368. The van der Waals surface area contributed by atoms with Gasteiger partial charge in [0.15, 0.2) is 0 Å². The van der Waals surface area contributed by atoms with Gasteiger partial charge in [0.1, 0.15) is 0 Å². The number of pyridine rings is 1. The molecule has 6 heteroatoms. The number of rotatable bonds is 3. The number of alkyl halides is 1. The van der Waals surface area contributed by atoms with E-state index < -0.39 is 4.92 Å². The van der Waals surface area contributed by atoms with Gasteiger partial charge in [0.05, 0.1) is 12.0 Å². The second-order valence-corrected chi connectivity index (χ2v) is 2.82. The normalized spacial score (nSPS) is 9.69. The summed E-state index contributed by atoms with van der Waals surface area (Å²) >= 11 is 3.18. The summed E-state index contributed by atoms with van der Waals surface area (Å²) in [6.07, 6.45) is 1.53. The van der Waals surface area contributed by atoms with Crippen LogP contribution in [0.15, 0.2) is 12.3 Å². The van der Waals surface area contributed by atoms with Gasteiger partial charge in [0.25, 0.3) is 5.88 Å². The van der Waals surface area contributed by atoms with Gasteiger partial charge in [0, 0.05) is 17.6 Å². The molecule has 0 radical (unpaired) electrons. The minimum Gasteiger partial charge on any atom is -0.476 e. The van der Waals surface area contributed by atoms with Gasteiger partial charge in [-0.15, -0.1) is 0 Å². The van der Waals surface area contributed by atoms with Crippen LogP contribution in [0.2, 0.25) is 0 Å². The Morgan fingerprint density at radius 3 is 2.92 bits per heavy atom. The fourth-order valence-corrected chi connectivity index (χ4v) is 1.15. The van der Waals surface area contributed by atoms with Crippen molar-refractivity contribution in [2.24, 2.45) is 0 Å². The van der Waals surface area contributed by atoms with Crippen molar-refractivity contribution in [3.63, 3.8) is 0 Å². The summed E-state index contributed by atoms with van der Waals surface area (Å²) in [7, 11) is 1.35. The van der Waals surface area contributed by atoms with Crippen molar-refractivity contribution in [2.75, 3.05) is 7.11 Å². The lowest BCUT2D eigenvalue weighted by Crippen LogP contribution is -1.97. The molecule has 70 valence electrons. The predicted octanol–water partition coefficient (Wildman–Crippen LogP) is 1.89. The average Bonchev–Trinajstić information content (AvgIpc) is 2.16. The average molecular weight is 247 g/mol. The molecule has 0 bridgehead atoms. The highest BCUT2D eigenvalue weighted by atomic mass is 79.9. The van der Waals surface area contributed by atoms with E-state index in [4.69, 9.17) is 4.74 Å². The van der Waals surface area contributed by atoms with Crippen LogP contribution in [0.5, 0.6) is 5.88 Å². The van der Waals surface area contributed by atoms with E-state index in [2.05, 4.69) is 20.9 Å². The van der Waals surface area contributed by atoms with E-state index in [1.807, 2.05) is 0 Å². The predicted molar refractivity (Wildman–Crippen MR) is 50.1 cm³/mol. The van der Waals surface area contributed by atoms with E-state index in [1.54, 1.807) is 0 Å². The van der Waals surface area contributed by atoms with Gasteiger partial charge in [-0.1, -0.05) is 15.9 Å². The van der Waals surface area contributed by atoms with Gasteiger partial charge in [-0.3, -0.25) is 10.1 Å². The first-order valence-corrected chi connectivity index (χ1v) is 4.54. The highest BCUT2D eigenvalue weighted by molar-refractivity contribution is 9.08. The quantitative estimate of drug-likeness (QED) is 0.464. The third-order valence-electron chi connectivity index (χ3n) is 1.43. The standard InChI is InChI=1S/C7H7BrN2O3/c1-13-7-6(10(11)12)2-5(3-8)4-9-7/h2,4H,3H2,1H3. The molecule has 0 aliphatic rings. The SMILES string of the molecule is COc1ncc(CBr)cc1[N+](=O)[O-]. The molecule has 0 amide bonds. The number of aromatic nitrogens is 1. The van der Waals surface area contributed by atoms with Crippen LogP contribution in [0.1, 0.15) is 5.56 Å². The summed E-state index contributed by atoms with van der Waals surface area (Å²) in [4.78, 5) is 13.8. The third-order valence-corrected chi connectivity index (χ3v) is 2.08. The summed E-state index contributed by atoms with van der Waals surface area (Å²) < 4.78 is 4.74. The van der Waals surface area contributed by atoms with Crippen LogP contribution in [0.3, 0.4) is 0 Å². The summed E-state index contributed by atoms with van der Waals surface area (Å²) in [5, 5.41) is 11.1. The maximum absolute atomic E-state index is 10.5. The second-order valence-electron chi connectivity index (χ2n) is 2.26. The van der Waals surface area contributed by atoms with Crippen molar-refractivity contribution in [3.05, 3.63) is 27.9 Å². The molecule has 0 fully saturated rings.